The third kappa shape index (κ3) is 5.99. The summed E-state index contributed by atoms with van der Waals surface area (Å²) in [7, 11) is 0. The number of amidine groups is 1. The van der Waals surface area contributed by atoms with E-state index in [2.05, 4.69) is 29.2 Å². The van der Waals surface area contributed by atoms with Crippen molar-refractivity contribution in [2.75, 3.05) is 17.2 Å². The van der Waals surface area contributed by atoms with E-state index >= 15 is 0 Å². The molecule has 0 radical (unpaired) electrons. The number of anilines is 1. The highest BCUT2D eigenvalue weighted by molar-refractivity contribution is 8.13. The zero-order chi connectivity index (χ0) is 15.8. The van der Waals surface area contributed by atoms with E-state index in [1.54, 1.807) is 17.8 Å². The van der Waals surface area contributed by atoms with Crippen LogP contribution in [0, 0.1) is 5.41 Å². The number of nitrogens with zero attached hydrogens (tertiary/aromatic N) is 1. The Bertz CT molecular complexity index is 614. The minimum absolute atomic E-state index is 0.184. The summed E-state index contributed by atoms with van der Waals surface area (Å²) in [5.41, 5.74) is 13.6. The van der Waals surface area contributed by atoms with Crippen LogP contribution in [0.1, 0.15) is 11.1 Å². The molecule has 0 fully saturated rings. The molecule has 1 aromatic carbocycles. The van der Waals surface area contributed by atoms with E-state index < -0.39 is 0 Å². The third-order valence-electron chi connectivity index (χ3n) is 3.06. The Hall–Kier alpha value is -1.66. The minimum atomic E-state index is 0.184. The van der Waals surface area contributed by atoms with Gasteiger partial charge in [0.25, 0.3) is 0 Å². The Labute approximate surface area is 139 Å². The predicted octanol–water partition coefficient (Wildman–Crippen LogP) is 3.17. The van der Waals surface area contributed by atoms with Crippen LogP contribution in [0.15, 0.2) is 47.5 Å². The molecule has 0 atom stereocenters. The third-order valence-corrected chi connectivity index (χ3v) is 4.71. The van der Waals surface area contributed by atoms with Crippen LogP contribution in [0.3, 0.4) is 0 Å². The summed E-state index contributed by atoms with van der Waals surface area (Å²) in [6.45, 7) is 0. The molecule has 4 nitrogen and oxygen atoms in total. The topological polar surface area (TPSA) is 88.8 Å². The lowest BCUT2D eigenvalue weighted by molar-refractivity contribution is 1.10. The maximum absolute atomic E-state index is 7.18. The molecule has 6 heteroatoms. The Morgan fingerprint density at radius 1 is 1.00 bits per heavy atom. The number of rotatable bonds is 7. The van der Waals surface area contributed by atoms with Crippen LogP contribution >= 0.6 is 23.5 Å². The second-order valence-corrected chi connectivity index (χ2v) is 7.03. The monoisotopic (exact) mass is 332 g/mol. The van der Waals surface area contributed by atoms with Crippen LogP contribution in [-0.2, 0) is 12.8 Å². The molecule has 0 bridgehead atoms. The first-order chi connectivity index (χ1) is 10.6. The number of pyridine rings is 1. The average Bonchev–Trinajstić information content (AvgIpc) is 2.49. The molecule has 0 aliphatic carbocycles. The Morgan fingerprint density at radius 3 is 2.23 bits per heavy atom. The summed E-state index contributed by atoms with van der Waals surface area (Å²) in [4.78, 5) is 4.28. The maximum atomic E-state index is 7.18. The molecule has 0 saturated heterocycles. The highest BCUT2D eigenvalue weighted by atomic mass is 32.2. The fourth-order valence-electron chi connectivity index (χ4n) is 1.94. The molecular formula is C16H20N4S2. The molecule has 2 aromatic rings. The second kappa shape index (κ2) is 8.70. The van der Waals surface area contributed by atoms with E-state index in [0.29, 0.717) is 5.82 Å². The highest BCUT2D eigenvalue weighted by Gasteiger charge is 2.00. The number of nitrogens with two attached hydrogens (primary N) is 2. The zero-order valence-corrected chi connectivity index (χ0v) is 13.9. The number of hydrogen-bond acceptors (Lipinski definition) is 5. The summed E-state index contributed by atoms with van der Waals surface area (Å²) >= 11 is 3.10. The first kappa shape index (κ1) is 16.7. The van der Waals surface area contributed by atoms with Crippen LogP contribution in [-0.4, -0.2) is 21.7 Å². The molecule has 5 N–H and O–H groups in total. The molecule has 0 unspecified atom stereocenters. The van der Waals surface area contributed by atoms with E-state index in [1.807, 2.05) is 12.1 Å². The molecule has 0 aliphatic rings. The van der Waals surface area contributed by atoms with Gasteiger partial charge in [-0.1, -0.05) is 42.1 Å². The van der Waals surface area contributed by atoms with Crippen molar-refractivity contribution in [2.45, 2.75) is 17.9 Å². The van der Waals surface area contributed by atoms with Crippen molar-refractivity contribution in [1.29, 1.82) is 5.41 Å². The van der Waals surface area contributed by atoms with Crippen molar-refractivity contribution < 1.29 is 0 Å². The Balaban J connectivity index is 1.75. The molecular weight excluding hydrogens is 312 g/mol. The predicted molar refractivity (Wildman–Crippen MR) is 97.6 cm³/mol. The highest BCUT2D eigenvalue weighted by Crippen LogP contribution is 2.18. The number of aryl methyl sites for hydroxylation is 2. The molecule has 0 spiro atoms. The molecule has 0 saturated carbocycles. The van der Waals surface area contributed by atoms with Crippen molar-refractivity contribution >= 4 is 34.5 Å². The van der Waals surface area contributed by atoms with Crippen molar-refractivity contribution in [3.8, 4) is 0 Å². The first-order valence-electron chi connectivity index (χ1n) is 7.03. The number of thioether (sulfide) groups is 2. The van der Waals surface area contributed by atoms with Gasteiger partial charge in [0.1, 0.15) is 5.82 Å². The van der Waals surface area contributed by atoms with E-state index in [0.717, 1.165) is 29.4 Å². The fraction of sp³-hybridized carbons (Fsp3) is 0.250. The average molecular weight is 332 g/mol. The lowest BCUT2D eigenvalue weighted by Gasteiger charge is -2.05. The van der Waals surface area contributed by atoms with Gasteiger partial charge in [0.15, 0.2) is 5.17 Å². The number of aromatic nitrogens is 1. The lowest BCUT2D eigenvalue weighted by atomic mass is 10.1. The molecule has 1 heterocycles. The van der Waals surface area contributed by atoms with Crippen molar-refractivity contribution in [3.05, 3.63) is 53.6 Å². The van der Waals surface area contributed by atoms with Gasteiger partial charge >= 0.3 is 0 Å². The minimum Gasteiger partial charge on any atom is -0.384 e. The van der Waals surface area contributed by atoms with E-state index in [4.69, 9.17) is 16.9 Å². The number of benzene rings is 1. The number of nitrogens with one attached hydrogen (secondary N) is 1. The van der Waals surface area contributed by atoms with E-state index in [9.17, 15) is 0 Å². The molecule has 22 heavy (non-hydrogen) atoms. The first-order valence-corrected chi connectivity index (χ1v) is 9.00. The van der Waals surface area contributed by atoms with Crippen LogP contribution < -0.4 is 11.5 Å². The number of hydrogen-bond donors (Lipinski definition) is 3. The standard InChI is InChI=1S/C16H20N4S2/c17-14-2-1-3-15(20-14)21-10-8-12-4-6-13(7-5-12)9-11-22-16(18)19/h1-7H,8-11H2,(H2,17,20)(H3,18,19). The second-order valence-electron chi connectivity index (χ2n) is 4.78. The summed E-state index contributed by atoms with van der Waals surface area (Å²) in [5.74, 6) is 2.40. The van der Waals surface area contributed by atoms with Gasteiger partial charge in [-0.25, -0.2) is 4.98 Å². The maximum Gasteiger partial charge on any atom is 0.151 e. The number of nitrogen functional groups attached to an aromatic ring is 1. The lowest BCUT2D eigenvalue weighted by Crippen LogP contribution is -2.05. The molecule has 0 amide bonds. The van der Waals surface area contributed by atoms with E-state index in [-0.39, 0.29) is 5.17 Å². The molecule has 1 aromatic heterocycles. The Kier molecular flexibility index (Phi) is 6.61. The quantitative estimate of drug-likeness (QED) is 0.412. The summed E-state index contributed by atoms with van der Waals surface area (Å²) in [6.07, 6.45) is 1.94. The van der Waals surface area contributed by atoms with Gasteiger partial charge in [-0.3, -0.25) is 5.41 Å². The molecule has 2 rings (SSSR count). The van der Waals surface area contributed by atoms with Crippen molar-refractivity contribution in [2.24, 2.45) is 5.73 Å². The van der Waals surface area contributed by atoms with Crippen molar-refractivity contribution in [1.82, 2.24) is 4.98 Å². The fourth-order valence-corrected chi connectivity index (χ4v) is 3.39. The largest absolute Gasteiger partial charge is 0.384 e. The summed E-state index contributed by atoms with van der Waals surface area (Å²) < 4.78 is 0. The SMILES string of the molecule is N=C(N)SCCc1ccc(CCSc2cccc(N)n2)cc1. The van der Waals surface area contributed by atoms with Crippen LogP contribution in [0.25, 0.3) is 0 Å². The van der Waals surface area contributed by atoms with Crippen LogP contribution in [0.4, 0.5) is 5.82 Å². The van der Waals surface area contributed by atoms with Gasteiger partial charge in [-0.05, 0) is 36.1 Å². The summed E-state index contributed by atoms with van der Waals surface area (Å²) in [5, 5.41) is 8.33. The van der Waals surface area contributed by atoms with Gasteiger partial charge in [-0.15, -0.1) is 11.8 Å². The molecule has 116 valence electrons. The normalized spacial score (nSPS) is 10.5. The van der Waals surface area contributed by atoms with Gasteiger partial charge in [0.2, 0.25) is 0 Å². The van der Waals surface area contributed by atoms with Crippen LogP contribution in [0.5, 0.6) is 0 Å². The van der Waals surface area contributed by atoms with Gasteiger partial charge in [0, 0.05) is 11.5 Å². The van der Waals surface area contributed by atoms with Gasteiger partial charge < -0.3 is 11.5 Å². The van der Waals surface area contributed by atoms with Gasteiger partial charge in [-0.2, -0.15) is 0 Å². The van der Waals surface area contributed by atoms with Crippen molar-refractivity contribution in [3.63, 3.8) is 0 Å². The zero-order valence-electron chi connectivity index (χ0n) is 12.3. The Morgan fingerprint density at radius 2 is 1.64 bits per heavy atom. The van der Waals surface area contributed by atoms with Gasteiger partial charge in [0.05, 0.1) is 5.03 Å². The van der Waals surface area contributed by atoms with Crippen LogP contribution in [0.2, 0.25) is 0 Å². The summed E-state index contributed by atoms with van der Waals surface area (Å²) in [6, 6.07) is 14.4. The molecule has 0 aliphatic heterocycles. The van der Waals surface area contributed by atoms with E-state index in [1.165, 1.54) is 22.9 Å². The smallest absolute Gasteiger partial charge is 0.151 e.